The van der Waals surface area contributed by atoms with Gasteiger partial charge in [-0.25, -0.2) is 0 Å². The highest BCUT2D eigenvalue weighted by Gasteiger charge is 2.19. The van der Waals surface area contributed by atoms with Crippen LogP contribution in [0.25, 0.3) is 11.4 Å². The molecule has 1 atom stereocenters. The number of hydrogen-bond donors (Lipinski definition) is 2. The molecule has 3 rings (SSSR count). The van der Waals surface area contributed by atoms with Gasteiger partial charge in [-0.1, -0.05) is 41.0 Å². The lowest BCUT2D eigenvalue weighted by atomic mass is 10.2. The number of methoxy groups -OCH3 is 1. The second kappa shape index (κ2) is 9.20. The molecule has 2 N–H and O–H groups in total. The number of benzene rings is 2. The molecule has 29 heavy (non-hydrogen) atoms. The first-order chi connectivity index (χ1) is 14.0. The number of para-hydroxylation sites is 1. The van der Waals surface area contributed by atoms with E-state index in [0.29, 0.717) is 27.7 Å². The normalized spacial score (nSPS) is 11.6. The molecular formula is C20H19ClN4O4. The van der Waals surface area contributed by atoms with Crippen molar-refractivity contribution in [3.05, 3.63) is 65.0 Å². The van der Waals surface area contributed by atoms with Crippen molar-refractivity contribution in [1.82, 2.24) is 20.8 Å². The molecule has 1 aromatic heterocycles. The van der Waals surface area contributed by atoms with E-state index in [1.54, 1.807) is 50.4 Å². The van der Waals surface area contributed by atoms with Gasteiger partial charge in [0.05, 0.1) is 29.8 Å². The van der Waals surface area contributed by atoms with Crippen LogP contribution < -0.4 is 15.4 Å². The Morgan fingerprint density at radius 2 is 1.90 bits per heavy atom. The van der Waals surface area contributed by atoms with Crippen molar-refractivity contribution in [2.45, 2.75) is 13.0 Å². The van der Waals surface area contributed by atoms with Crippen LogP contribution in [0.15, 0.2) is 53.1 Å². The number of amides is 2. The molecule has 0 aliphatic carbocycles. The van der Waals surface area contributed by atoms with Crippen LogP contribution in [0.3, 0.4) is 0 Å². The molecule has 3 aromatic rings. The van der Waals surface area contributed by atoms with Crippen LogP contribution in [0.2, 0.25) is 5.02 Å². The molecule has 9 heteroatoms. The Kier molecular flexibility index (Phi) is 6.46. The van der Waals surface area contributed by atoms with Gasteiger partial charge in [0.2, 0.25) is 17.6 Å². The van der Waals surface area contributed by atoms with Crippen LogP contribution in [0, 0.1) is 0 Å². The molecule has 2 aromatic carbocycles. The van der Waals surface area contributed by atoms with E-state index in [1.165, 1.54) is 0 Å². The summed E-state index contributed by atoms with van der Waals surface area (Å²) < 4.78 is 10.5. The molecule has 8 nitrogen and oxygen atoms in total. The van der Waals surface area contributed by atoms with E-state index in [0.717, 1.165) is 0 Å². The molecule has 0 fully saturated rings. The quantitative estimate of drug-likeness (QED) is 0.615. The number of carbonyl (C=O) groups is 2. The molecule has 0 unspecified atom stereocenters. The zero-order chi connectivity index (χ0) is 20.8. The highest BCUT2D eigenvalue weighted by molar-refractivity contribution is 6.33. The molecular weight excluding hydrogens is 396 g/mol. The first-order valence-corrected chi connectivity index (χ1v) is 9.16. The minimum absolute atomic E-state index is 0.220. The van der Waals surface area contributed by atoms with E-state index >= 15 is 0 Å². The smallest absolute Gasteiger partial charge is 0.253 e. The van der Waals surface area contributed by atoms with Gasteiger partial charge >= 0.3 is 0 Å². The van der Waals surface area contributed by atoms with Gasteiger partial charge in [-0.2, -0.15) is 4.98 Å². The Morgan fingerprint density at radius 3 is 2.66 bits per heavy atom. The van der Waals surface area contributed by atoms with E-state index in [-0.39, 0.29) is 12.4 Å². The van der Waals surface area contributed by atoms with Crippen molar-refractivity contribution in [2.24, 2.45) is 0 Å². The van der Waals surface area contributed by atoms with Gasteiger partial charge in [0, 0.05) is 0 Å². The van der Waals surface area contributed by atoms with E-state index < -0.39 is 17.9 Å². The summed E-state index contributed by atoms with van der Waals surface area (Å²) in [6.07, 6.45) is 0. The summed E-state index contributed by atoms with van der Waals surface area (Å²) in [4.78, 5) is 28.6. The summed E-state index contributed by atoms with van der Waals surface area (Å²) in [5.74, 6) is 0.352. The van der Waals surface area contributed by atoms with Crippen molar-refractivity contribution in [2.75, 3.05) is 13.7 Å². The Balaban J connectivity index is 1.58. The Hall–Kier alpha value is -3.39. The number of ether oxygens (including phenoxy) is 1. The van der Waals surface area contributed by atoms with Gasteiger partial charge in [0.15, 0.2) is 0 Å². The minimum Gasteiger partial charge on any atom is -0.496 e. The van der Waals surface area contributed by atoms with E-state index in [1.807, 2.05) is 12.1 Å². The lowest BCUT2D eigenvalue weighted by Gasteiger charge is -2.11. The molecule has 0 bridgehead atoms. The van der Waals surface area contributed by atoms with Crippen LogP contribution in [0.1, 0.15) is 29.2 Å². The molecule has 150 valence electrons. The Morgan fingerprint density at radius 1 is 1.17 bits per heavy atom. The lowest BCUT2D eigenvalue weighted by Crippen LogP contribution is -2.38. The van der Waals surface area contributed by atoms with Gasteiger partial charge in [-0.3, -0.25) is 9.59 Å². The average Bonchev–Trinajstić information content (AvgIpc) is 3.22. The average molecular weight is 415 g/mol. The third kappa shape index (κ3) is 4.91. The summed E-state index contributed by atoms with van der Waals surface area (Å²) in [5, 5.41) is 9.48. The maximum atomic E-state index is 12.2. The largest absolute Gasteiger partial charge is 0.496 e. The van der Waals surface area contributed by atoms with Crippen molar-refractivity contribution in [1.29, 1.82) is 0 Å². The number of nitrogens with zero attached hydrogens (tertiary/aromatic N) is 2. The fourth-order valence-corrected chi connectivity index (χ4v) is 2.83. The van der Waals surface area contributed by atoms with Crippen LogP contribution in [-0.2, 0) is 4.79 Å². The number of rotatable bonds is 7. The number of carbonyl (C=O) groups excluding carboxylic acids is 2. The molecule has 2 amide bonds. The van der Waals surface area contributed by atoms with Gasteiger partial charge in [0.1, 0.15) is 11.8 Å². The first kappa shape index (κ1) is 20.3. The zero-order valence-electron chi connectivity index (χ0n) is 15.8. The molecule has 0 saturated heterocycles. The molecule has 1 heterocycles. The molecule has 0 saturated carbocycles. The molecule has 0 radical (unpaired) electrons. The second-order valence-electron chi connectivity index (χ2n) is 6.11. The molecule has 0 aliphatic rings. The van der Waals surface area contributed by atoms with Gasteiger partial charge in [-0.15, -0.1) is 0 Å². The van der Waals surface area contributed by atoms with Crippen LogP contribution in [0.5, 0.6) is 5.75 Å². The third-order valence-corrected chi connectivity index (χ3v) is 4.40. The van der Waals surface area contributed by atoms with Crippen LogP contribution >= 0.6 is 11.6 Å². The molecule has 0 aliphatic heterocycles. The van der Waals surface area contributed by atoms with Gasteiger partial charge in [0.25, 0.3) is 5.91 Å². The SMILES string of the molecule is COc1ccccc1-c1noc([C@@H](C)NC(=O)CNC(=O)c2ccccc2Cl)n1. The van der Waals surface area contributed by atoms with E-state index in [4.69, 9.17) is 20.9 Å². The summed E-state index contributed by atoms with van der Waals surface area (Å²) in [5.41, 5.74) is 0.976. The maximum absolute atomic E-state index is 12.2. The summed E-state index contributed by atoms with van der Waals surface area (Å²) in [6, 6.07) is 13.3. The fraction of sp³-hybridized carbons (Fsp3) is 0.200. The number of halogens is 1. The fourth-order valence-electron chi connectivity index (χ4n) is 2.61. The lowest BCUT2D eigenvalue weighted by molar-refractivity contribution is -0.120. The highest BCUT2D eigenvalue weighted by Crippen LogP contribution is 2.27. The number of hydrogen-bond acceptors (Lipinski definition) is 6. The van der Waals surface area contributed by atoms with Crippen LogP contribution in [-0.4, -0.2) is 35.6 Å². The zero-order valence-corrected chi connectivity index (χ0v) is 16.6. The van der Waals surface area contributed by atoms with Crippen molar-refractivity contribution in [3.8, 4) is 17.1 Å². The highest BCUT2D eigenvalue weighted by atomic mass is 35.5. The van der Waals surface area contributed by atoms with Crippen LogP contribution in [0.4, 0.5) is 0 Å². The standard InChI is InChI=1S/C20H19ClN4O4/c1-12(20-24-18(25-29-20)14-8-4-6-10-16(14)28-2)23-17(26)11-22-19(27)13-7-3-5-9-15(13)21/h3-10,12H,11H2,1-2H3,(H,22,27)(H,23,26)/t12-/m1/s1. The predicted octanol–water partition coefficient (Wildman–Crippen LogP) is 3.01. The van der Waals surface area contributed by atoms with E-state index in [2.05, 4.69) is 20.8 Å². The summed E-state index contributed by atoms with van der Waals surface area (Å²) >= 11 is 5.98. The topological polar surface area (TPSA) is 106 Å². The maximum Gasteiger partial charge on any atom is 0.253 e. The van der Waals surface area contributed by atoms with Gasteiger partial charge < -0.3 is 19.9 Å². The number of aromatic nitrogens is 2. The molecule has 0 spiro atoms. The van der Waals surface area contributed by atoms with Crippen molar-refractivity contribution >= 4 is 23.4 Å². The Bertz CT molecular complexity index is 1020. The monoisotopic (exact) mass is 414 g/mol. The Labute approximate surface area is 172 Å². The number of nitrogens with one attached hydrogen (secondary N) is 2. The van der Waals surface area contributed by atoms with Crippen molar-refractivity contribution in [3.63, 3.8) is 0 Å². The third-order valence-electron chi connectivity index (χ3n) is 4.07. The predicted molar refractivity (Wildman–Crippen MR) is 107 cm³/mol. The van der Waals surface area contributed by atoms with Crippen molar-refractivity contribution < 1.29 is 18.8 Å². The second-order valence-corrected chi connectivity index (χ2v) is 6.52. The van der Waals surface area contributed by atoms with Gasteiger partial charge in [-0.05, 0) is 31.2 Å². The minimum atomic E-state index is -0.546. The summed E-state index contributed by atoms with van der Waals surface area (Å²) in [6.45, 7) is 1.48. The summed E-state index contributed by atoms with van der Waals surface area (Å²) in [7, 11) is 1.56. The van der Waals surface area contributed by atoms with E-state index in [9.17, 15) is 9.59 Å². The first-order valence-electron chi connectivity index (χ1n) is 8.78.